The molecule has 2 saturated heterocycles. The maximum atomic E-state index is 5.90. The lowest BCUT2D eigenvalue weighted by Gasteiger charge is -2.19. The Labute approximate surface area is 121 Å². The van der Waals surface area contributed by atoms with Gasteiger partial charge in [0, 0.05) is 20.1 Å². The van der Waals surface area contributed by atoms with Crippen LogP contribution in [0.3, 0.4) is 0 Å². The van der Waals surface area contributed by atoms with Gasteiger partial charge in [-0.3, -0.25) is 0 Å². The van der Waals surface area contributed by atoms with Gasteiger partial charge in [-0.2, -0.15) is 0 Å². The molecule has 1 aromatic heterocycles. The molecule has 1 aromatic rings. The third-order valence-electron chi connectivity index (χ3n) is 3.89. The molecule has 0 aliphatic carbocycles. The summed E-state index contributed by atoms with van der Waals surface area (Å²) >= 11 is 3.53. The highest BCUT2D eigenvalue weighted by Crippen LogP contribution is 2.44. The molecule has 6 heteroatoms. The summed E-state index contributed by atoms with van der Waals surface area (Å²) in [5.41, 5.74) is 0.889. The zero-order valence-electron chi connectivity index (χ0n) is 11.1. The lowest BCUT2D eigenvalue weighted by atomic mass is 9.88. The van der Waals surface area contributed by atoms with Gasteiger partial charge in [0.2, 0.25) is 0 Å². The Bertz CT molecular complexity index is 483. The fraction of sp³-hybridized carbons (Fsp3) is 0.692. The number of hydrogen-bond acceptors (Lipinski definition) is 5. The molecule has 3 rings (SSSR count). The molecule has 1 N–H and O–H groups in total. The topological polar surface area (TPSA) is 56.3 Å². The van der Waals surface area contributed by atoms with E-state index in [0.29, 0.717) is 24.7 Å². The van der Waals surface area contributed by atoms with Crippen LogP contribution in [0.5, 0.6) is 0 Å². The molecule has 2 aliphatic rings. The van der Waals surface area contributed by atoms with Gasteiger partial charge in [0.05, 0.1) is 29.0 Å². The lowest BCUT2D eigenvalue weighted by Crippen LogP contribution is -2.19. The van der Waals surface area contributed by atoms with Crippen LogP contribution in [0.2, 0.25) is 0 Å². The summed E-state index contributed by atoms with van der Waals surface area (Å²) in [5, 5.41) is 3.11. The second-order valence-corrected chi connectivity index (χ2v) is 5.88. The van der Waals surface area contributed by atoms with Crippen molar-refractivity contribution >= 4 is 21.7 Å². The number of ether oxygens (including phenoxy) is 2. The van der Waals surface area contributed by atoms with Crippen molar-refractivity contribution in [3.63, 3.8) is 0 Å². The summed E-state index contributed by atoms with van der Waals surface area (Å²) in [6, 6.07) is 0. The number of methoxy groups -OCH3 is 1. The fourth-order valence-corrected chi connectivity index (χ4v) is 3.48. The van der Waals surface area contributed by atoms with E-state index >= 15 is 0 Å². The highest BCUT2D eigenvalue weighted by atomic mass is 79.9. The SMILES string of the molecule is CNc1nc(C2CC3CCC2O3)nc(COC)c1Br. The Hall–Kier alpha value is -0.720. The summed E-state index contributed by atoms with van der Waals surface area (Å²) in [4.78, 5) is 9.30. The first kappa shape index (κ1) is 13.3. The lowest BCUT2D eigenvalue weighted by molar-refractivity contribution is 0.0998. The van der Waals surface area contributed by atoms with Gasteiger partial charge in [-0.05, 0) is 35.2 Å². The van der Waals surface area contributed by atoms with Gasteiger partial charge in [0.15, 0.2) is 0 Å². The summed E-state index contributed by atoms with van der Waals surface area (Å²) in [6.07, 6.45) is 4.06. The van der Waals surface area contributed by atoms with E-state index in [0.717, 1.165) is 34.7 Å². The molecule has 5 nitrogen and oxygen atoms in total. The molecule has 3 unspecified atom stereocenters. The highest BCUT2D eigenvalue weighted by Gasteiger charge is 2.43. The van der Waals surface area contributed by atoms with Crippen LogP contribution in [0.15, 0.2) is 4.47 Å². The molecule has 2 bridgehead atoms. The van der Waals surface area contributed by atoms with Crippen molar-refractivity contribution in [2.24, 2.45) is 0 Å². The van der Waals surface area contributed by atoms with Gasteiger partial charge in [0.25, 0.3) is 0 Å². The smallest absolute Gasteiger partial charge is 0.144 e. The van der Waals surface area contributed by atoms with Gasteiger partial charge in [-0.25, -0.2) is 9.97 Å². The van der Waals surface area contributed by atoms with Crippen LogP contribution >= 0.6 is 15.9 Å². The molecular formula is C13H18BrN3O2. The van der Waals surface area contributed by atoms with Crippen LogP contribution in [0.4, 0.5) is 5.82 Å². The maximum absolute atomic E-state index is 5.90. The monoisotopic (exact) mass is 327 g/mol. The summed E-state index contributed by atoms with van der Waals surface area (Å²) in [6.45, 7) is 0.479. The molecule has 0 aromatic carbocycles. The summed E-state index contributed by atoms with van der Waals surface area (Å²) in [5.74, 6) is 2.03. The van der Waals surface area contributed by atoms with E-state index in [2.05, 4.69) is 31.2 Å². The van der Waals surface area contributed by atoms with E-state index in [4.69, 9.17) is 9.47 Å². The largest absolute Gasteiger partial charge is 0.378 e. The van der Waals surface area contributed by atoms with E-state index in [1.54, 1.807) is 7.11 Å². The van der Waals surface area contributed by atoms with E-state index in [1.165, 1.54) is 6.42 Å². The molecule has 0 amide bonds. The molecule has 104 valence electrons. The van der Waals surface area contributed by atoms with E-state index in [1.807, 2.05) is 7.05 Å². The Morgan fingerprint density at radius 1 is 1.42 bits per heavy atom. The highest BCUT2D eigenvalue weighted by molar-refractivity contribution is 9.10. The molecule has 3 atom stereocenters. The van der Waals surface area contributed by atoms with Crippen molar-refractivity contribution in [3.8, 4) is 0 Å². The Kier molecular flexibility index (Phi) is 3.73. The van der Waals surface area contributed by atoms with Crippen molar-refractivity contribution in [1.29, 1.82) is 0 Å². The summed E-state index contributed by atoms with van der Waals surface area (Å²) in [7, 11) is 3.54. The molecule has 19 heavy (non-hydrogen) atoms. The first-order chi connectivity index (χ1) is 9.22. The normalized spacial score (nSPS) is 28.9. The molecule has 2 fully saturated rings. The number of aromatic nitrogens is 2. The van der Waals surface area contributed by atoms with Crippen molar-refractivity contribution in [1.82, 2.24) is 9.97 Å². The van der Waals surface area contributed by atoms with Crippen molar-refractivity contribution in [3.05, 3.63) is 16.0 Å². The number of nitrogens with zero attached hydrogens (tertiary/aromatic N) is 2. The average Bonchev–Trinajstić information content (AvgIpc) is 3.03. The van der Waals surface area contributed by atoms with Gasteiger partial charge in [0.1, 0.15) is 11.6 Å². The zero-order chi connectivity index (χ0) is 13.4. The number of nitrogens with one attached hydrogen (secondary N) is 1. The van der Waals surface area contributed by atoms with Gasteiger partial charge >= 0.3 is 0 Å². The standard InChI is InChI=1S/C13H18BrN3O2/c1-15-13-11(14)9(6-18-2)16-12(17-13)8-5-7-3-4-10(8)19-7/h7-8,10H,3-6H2,1-2H3,(H,15,16,17). The molecular weight excluding hydrogens is 310 g/mol. The van der Waals surface area contributed by atoms with Crippen molar-refractivity contribution < 1.29 is 9.47 Å². The van der Waals surface area contributed by atoms with Crippen LogP contribution in [0.1, 0.15) is 36.7 Å². The first-order valence-corrected chi connectivity index (χ1v) is 7.40. The average molecular weight is 328 g/mol. The third-order valence-corrected chi connectivity index (χ3v) is 4.73. The van der Waals surface area contributed by atoms with Crippen LogP contribution < -0.4 is 5.32 Å². The van der Waals surface area contributed by atoms with E-state index < -0.39 is 0 Å². The maximum Gasteiger partial charge on any atom is 0.144 e. The minimum absolute atomic E-state index is 0.297. The molecule has 2 aliphatic heterocycles. The van der Waals surface area contributed by atoms with Crippen molar-refractivity contribution in [2.75, 3.05) is 19.5 Å². The van der Waals surface area contributed by atoms with Crippen LogP contribution in [-0.2, 0) is 16.1 Å². The fourth-order valence-electron chi connectivity index (χ4n) is 2.99. The Morgan fingerprint density at radius 3 is 2.84 bits per heavy atom. The van der Waals surface area contributed by atoms with Crippen LogP contribution in [-0.4, -0.2) is 36.3 Å². The summed E-state index contributed by atoms with van der Waals surface area (Å²) < 4.78 is 12.0. The van der Waals surface area contributed by atoms with Gasteiger partial charge in [-0.1, -0.05) is 0 Å². The Morgan fingerprint density at radius 2 is 2.26 bits per heavy atom. The van der Waals surface area contributed by atoms with E-state index in [-0.39, 0.29) is 0 Å². The molecule has 0 spiro atoms. The molecule has 0 saturated carbocycles. The van der Waals surface area contributed by atoms with E-state index in [9.17, 15) is 0 Å². The number of hydrogen-bond donors (Lipinski definition) is 1. The molecule has 3 heterocycles. The predicted molar refractivity (Wildman–Crippen MR) is 75.2 cm³/mol. The third kappa shape index (κ3) is 2.37. The number of fused-ring (bicyclic) bond motifs is 2. The van der Waals surface area contributed by atoms with Gasteiger partial charge in [-0.15, -0.1) is 0 Å². The number of halogens is 1. The number of rotatable bonds is 4. The quantitative estimate of drug-likeness (QED) is 0.920. The minimum atomic E-state index is 0.297. The number of anilines is 1. The minimum Gasteiger partial charge on any atom is -0.378 e. The van der Waals surface area contributed by atoms with Crippen molar-refractivity contribution in [2.45, 2.75) is 44.0 Å². The Balaban J connectivity index is 1.94. The molecule has 0 radical (unpaired) electrons. The van der Waals surface area contributed by atoms with Crippen LogP contribution in [0, 0.1) is 0 Å². The second kappa shape index (κ2) is 5.34. The van der Waals surface area contributed by atoms with Crippen LogP contribution in [0.25, 0.3) is 0 Å². The first-order valence-electron chi connectivity index (χ1n) is 6.61. The second-order valence-electron chi connectivity index (χ2n) is 5.09. The predicted octanol–water partition coefficient (Wildman–Crippen LogP) is 2.46. The zero-order valence-corrected chi connectivity index (χ0v) is 12.7. The van der Waals surface area contributed by atoms with Gasteiger partial charge < -0.3 is 14.8 Å².